The first-order valence-corrected chi connectivity index (χ1v) is 7.64. The maximum Gasteiger partial charge on any atom is 0.123 e. The summed E-state index contributed by atoms with van der Waals surface area (Å²) < 4.78 is 21.0. The van der Waals surface area contributed by atoms with E-state index < -0.39 is 0 Å². The van der Waals surface area contributed by atoms with Gasteiger partial charge < -0.3 is 14.3 Å². The molecular formula is C19H16FN3O. The smallest absolute Gasteiger partial charge is 0.123 e. The molecule has 0 aliphatic rings. The lowest BCUT2D eigenvalue weighted by atomic mass is 9.98. The highest BCUT2D eigenvalue weighted by Gasteiger charge is 2.20. The summed E-state index contributed by atoms with van der Waals surface area (Å²) in [4.78, 5) is 7.39. The summed E-state index contributed by atoms with van der Waals surface area (Å²) in [5, 5.41) is 0.865. The highest BCUT2D eigenvalue weighted by Crippen LogP contribution is 2.33. The van der Waals surface area contributed by atoms with Crippen molar-refractivity contribution in [2.75, 3.05) is 7.11 Å². The summed E-state index contributed by atoms with van der Waals surface area (Å²) in [7, 11) is 1.64. The van der Waals surface area contributed by atoms with Gasteiger partial charge >= 0.3 is 0 Å². The van der Waals surface area contributed by atoms with E-state index >= 15 is 0 Å². The molecule has 2 aromatic heterocycles. The van der Waals surface area contributed by atoms with Crippen molar-refractivity contribution in [3.8, 4) is 5.75 Å². The number of hydrogen-bond acceptors (Lipinski definition) is 2. The fourth-order valence-electron chi connectivity index (χ4n) is 3.06. The number of aromatic amines is 1. The number of hydrogen-bond donors (Lipinski definition) is 1. The van der Waals surface area contributed by atoms with Crippen molar-refractivity contribution >= 4 is 10.9 Å². The summed E-state index contributed by atoms with van der Waals surface area (Å²) in [6.07, 6.45) is 7.35. The second-order valence-corrected chi connectivity index (χ2v) is 5.62. The molecule has 2 heterocycles. The highest BCUT2D eigenvalue weighted by atomic mass is 19.1. The van der Waals surface area contributed by atoms with Crippen molar-refractivity contribution in [1.82, 2.24) is 14.5 Å². The number of halogens is 1. The van der Waals surface area contributed by atoms with Crippen LogP contribution >= 0.6 is 0 Å². The summed E-state index contributed by atoms with van der Waals surface area (Å²) in [6, 6.07) is 12.6. The quantitative estimate of drug-likeness (QED) is 0.613. The van der Waals surface area contributed by atoms with Crippen LogP contribution < -0.4 is 4.74 Å². The Kier molecular flexibility index (Phi) is 3.54. The maximum absolute atomic E-state index is 13.8. The molecule has 0 radical (unpaired) electrons. The van der Waals surface area contributed by atoms with Gasteiger partial charge in [0.25, 0.3) is 0 Å². The van der Waals surface area contributed by atoms with Gasteiger partial charge in [0.1, 0.15) is 11.6 Å². The Labute approximate surface area is 138 Å². The predicted molar refractivity (Wildman–Crippen MR) is 90.7 cm³/mol. The fourth-order valence-corrected chi connectivity index (χ4v) is 3.06. The van der Waals surface area contributed by atoms with Gasteiger partial charge in [-0.3, -0.25) is 0 Å². The lowest BCUT2D eigenvalue weighted by Crippen LogP contribution is -2.10. The Morgan fingerprint density at radius 2 is 2.00 bits per heavy atom. The molecule has 5 heteroatoms. The van der Waals surface area contributed by atoms with Crippen LogP contribution in [0.4, 0.5) is 4.39 Å². The van der Waals surface area contributed by atoms with E-state index in [9.17, 15) is 4.39 Å². The van der Waals surface area contributed by atoms with Crippen LogP contribution in [0, 0.1) is 5.82 Å². The number of nitrogens with one attached hydrogen (secondary N) is 1. The van der Waals surface area contributed by atoms with Crippen molar-refractivity contribution in [2.24, 2.45) is 0 Å². The van der Waals surface area contributed by atoms with Gasteiger partial charge in [0.15, 0.2) is 0 Å². The molecule has 0 aliphatic carbocycles. The van der Waals surface area contributed by atoms with Gasteiger partial charge in [-0.05, 0) is 35.9 Å². The normalized spacial score (nSPS) is 12.4. The fraction of sp³-hybridized carbons (Fsp3) is 0.105. The SMILES string of the molecule is COc1ccc(C(c2c[nH]c3ccc(F)cc23)n2ccnc2)cc1. The van der Waals surface area contributed by atoms with Crippen LogP contribution in [0.1, 0.15) is 17.2 Å². The molecule has 1 N–H and O–H groups in total. The van der Waals surface area contributed by atoms with Crippen LogP contribution in [-0.4, -0.2) is 21.6 Å². The third kappa shape index (κ3) is 2.44. The molecule has 0 aliphatic heterocycles. The monoisotopic (exact) mass is 321 g/mol. The molecule has 4 aromatic rings. The Bertz CT molecular complexity index is 958. The molecule has 0 bridgehead atoms. The first-order valence-electron chi connectivity index (χ1n) is 7.64. The van der Waals surface area contributed by atoms with Crippen LogP contribution in [0.2, 0.25) is 0 Å². The van der Waals surface area contributed by atoms with E-state index in [2.05, 4.69) is 9.97 Å². The largest absolute Gasteiger partial charge is 0.497 e. The molecular weight excluding hydrogens is 305 g/mol. The van der Waals surface area contributed by atoms with Crippen molar-refractivity contribution in [2.45, 2.75) is 6.04 Å². The zero-order chi connectivity index (χ0) is 16.5. The van der Waals surface area contributed by atoms with E-state index in [4.69, 9.17) is 4.74 Å². The van der Waals surface area contributed by atoms with Gasteiger partial charge in [0.2, 0.25) is 0 Å². The summed E-state index contributed by atoms with van der Waals surface area (Å²) in [5.74, 6) is 0.551. The minimum atomic E-state index is -0.248. The summed E-state index contributed by atoms with van der Waals surface area (Å²) in [6.45, 7) is 0. The molecule has 0 fully saturated rings. The number of fused-ring (bicyclic) bond motifs is 1. The molecule has 0 saturated heterocycles. The number of ether oxygens (including phenoxy) is 1. The molecule has 4 rings (SSSR count). The molecule has 0 amide bonds. The van der Waals surface area contributed by atoms with E-state index in [-0.39, 0.29) is 11.9 Å². The van der Waals surface area contributed by atoms with Gasteiger partial charge in [-0.2, -0.15) is 0 Å². The Morgan fingerprint density at radius 3 is 2.71 bits per heavy atom. The number of aromatic nitrogens is 3. The first kappa shape index (κ1) is 14.5. The zero-order valence-electron chi connectivity index (χ0n) is 13.1. The Hall–Kier alpha value is -3.08. The molecule has 2 aromatic carbocycles. The van der Waals surface area contributed by atoms with E-state index in [0.29, 0.717) is 0 Å². The van der Waals surface area contributed by atoms with Crippen LogP contribution in [-0.2, 0) is 0 Å². The number of benzene rings is 2. The van der Waals surface area contributed by atoms with Crippen molar-refractivity contribution in [3.63, 3.8) is 0 Å². The Balaban J connectivity index is 1.90. The number of nitrogens with zero attached hydrogens (tertiary/aromatic N) is 2. The third-order valence-electron chi connectivity index (χ3n) is 4.22. The number of imidazole rings is 1. The second-order valence-electron chi connectivity index (χ2n) is 5.62. The van der Waals surface area contributed by atoms with Crippen LogP contribution in [0.15, 0.2) is 67.4 Å². The minimum Gasteiger partial charge on any atom is -0.497 e. The van der Waals surface area contributed by atoms with Crippen LogP contribution in [0.5, 0.6) is 5.75 Å². The van der Waals surface area contributed by atoms with E-state index in [0.717, 1.165) is 27.8 Å². The van der Waals surface area contributed by atoms with Crippen LogP contribution in [0.25, 0.3) is 10.9 Å². The minimum absolute atomic E-state index is 0.103. The lowest BCUT2D eigenvalue weighted by molar-refractivity contribution is 0.414. The van der Waals surface area contributed by atoms with Gasteiger partial charge in [-0.1, -0.05) is 12.1 Å². The standard InChI is InChI=1S/C19H16FN3O/c1-24-15-5-2-13(3-6-15)19(23-9-8-21-12-23)17-11-22-18-7-4-14(20)10-16(17)18/h2-12,19,22H,1H3. The van der Waals surface area contributed by atoms with Crippen LogP contribution in [0.3, 0.4) is 0 Å². The third-order valence-corrected chi connectivity index (χ3v) is 4.22. The van der Waals surface area contributed by atoms with Crippen molar-refractivity contribution < 1.29 is 9.13 Å². The lowest BCUT2D eigenvalue weighted by Gasteiger charge is -2.19. The summed E-state index contributed by atoms with van der Waals surface area (Å²) >= 11 is 0. The van der Waals surface area contributed by atoms with Gasteiger partial charge in [0, 0.05) is 35.1 Å². The topological polar surface area (TPSA) is 42.8 Å². The predicted octanol–water partition coefficient (Wildman–Crippen LogP) is 4.15. The van der Waals surface area contributed by atoms with E-state index in [1.54, 1.807) is 31.8 Å². The molecule has 1 atom stereocenters. The molecule has 0 saturated carbocycles. The van der Waals surface area contributed by atoms with Crippen molar-refractivity contribution in [1.29, 1.82) is 0 Å². The maximum atomic E-state index is 13.8. The number of rotatable bonds is 4. The van der Waals surface area contributed by atoms with Gasteiger partial charge in [-0.15, -0.1) is 0 Å². The van der Waals surface area contributed by atoms with E-state index in [1.165, 1.54) is 6.07 Å². The Morgan fingerprint density at radius 1 is 1.17 bits per heavy atom. The van der Waals surface area contributed by atoms with E-state index in [1.807, 2.05) is 41.2 Å². The zero-order valence-corrected chi connectivity index (χ0v) is 13.1. The molecule has 24 heavy (non-hydrogen) atoms. The van der Waals surface area contributed by atoms with Gasteiger partial charge in [-0.25, -0.2) is 9.37 Å². The first-order chi connectivity index (χ1) is 11.8. The number of H-pyrrole nitrogens is 1. The molecule has 120 valence electrons. The highest BCUT2D eigenvalue weighted by molar-refractivity contribution is 5.84. The second kappa shape index (κ2) is 5.85. The molecule has 1 unspecified atom stereocenters. The molecule has 0 spiro atoms. The average Bonchev–Trinajstić information content (AvgIpc) is 3.27. The molecule has 4 nitrogen and oxygen atoms in total. The summed E-state index contributed by atoms with van der Waals surface area (Å²) in [5.41, 5.74) is 2.97. The average molecular weight is 321 g/mol. The van der Waals surface area contributed by atoms with Gasteiger partial charge in [0.05, 0.1) is 19.5 Å². The van der Waals surface area contributed by atoms with Crippen molar-refractivity contribution in [3.05, 3.63) is 84.3 Å². The number of methoxy groups -OCH3 is 1.